The molecule has 1 unspecified atom stereocenters. The third kappa shape index (κ3) is 8.12. The highest BCUT2D eigenvalue weighted by Gasteiger charge is 2.25. The Hall–Kier alpha value is -3.01. The lowest BCUT2D eigenvalue weighted by molar-refractivity contribution is 0.309. The van der Waals surface area contributed by atoms with E-state index in [9.17, 15) is 16.8 Å². The number of nitrogens with one attached hydrogen (secondary N) is 1. The molecule has 0 fully saturated rings. The van der Waals surface area contributed by atoms with E-state index in [0.717, 1.165) is 23.8 Å². The first-order valence-electron chi connectivity index (χ1n) is 9.63. The number of nitrogens with zero attached hydrogens (tertiary/aromatic N) is 6. The quantitative estimate of drug-likeness (QED) is 0.245. The third-order valence-corrected chi connectivity index (χ3v) is 5.45. The molecule has 1 N–H and O–H groups in total. The van der Waals surface area contributed by atoms with Gasteiger partial charge in [0.05, 0.1) is 31.9 Å². The van der Waals surface area contributed by atoms with Crippen LogP contribution in [0.2, 0.25) is 0 Å². The first kappa shape index (κ1) is 24.6. The number of rotatable bonds is 11. The molecule has 0 aliphatic carbocycles. The number of hydrogen-bond donors (Lipinski definition) is 1. The second-order valence-electron chi connectivity index (χ2n) is 6.91. The number of aliphatic imine (C=N–C) groups is 4. The van der Waals surface area contributed by atoms with Crippen molar-refractivity contribution < 1.29 is 25.2 Å². The van der Waals surface area contributed by atoms with Crippen molar-refractivity contribution in [2.75, 3.05) is 43.7 Å². The van der Waals surface area contributed by atoms with E-state index in [2.05, 4.69) is 30.5 Å². The largest absolute Gasteiger partial charge is 0.367 e. The lowest BCUT2D eigenvalue weighted by Crippen LogP contribution is -2.36. The Morgan fingerprint density at radius 3 is 2.24 bits per heavy atom. The summed E-state index contributed by atoms with van der Waals surface area (Å²) in [5.74, 6) is 1.06. The fourth-order valence-corrected chi connectivity index (χ4v) is 3.57. The number of anilines is 1. The first-order chi connectivity index (χ1) is 15.6. The summed E-state index contributed by atoms with van der Waals surface area (Å²) >= 11 is 0. The van der Waals surface area contributed by atoms with Crippen molar-refractivity contribution in [3.8, 4) is 0 Å². The van der Waals surface area contributed by atoms with Gasteiger partial charge in [0.15, 0.2) is 17.7 Å². The Morgan fingerprint density at radius 2 is 1.64 bits per heavy atom. The van der Waals surface area contributed by atoms with Gasteiger partial charge in [-0.1, -0.05) is 12.1 Å². The van der Waals surface area contributed by atoms with E-state index < -0.39 is 20.2 Å². The van der Waals surface area contributed by atoms with Crippen LogP contribution in [0.5, 0.6) is 0 Å². The number of hydrogen-bond acceptors (Lipinski definition) is 13. The average molecular weight is 498 g/mol. The minimum absolute atomic E-state index is 0.0921. The van der Waals surface area contributed by atoms with Gasteiger partial charge in [-0.05, 0) is 17.7 Å². The van der Waals surface area contributed by atoms with Crippen LogP contribution in [0.25, 0.3) is 0 Å². The Bertz CT molecular complexity index is 1170. The molecule has 0 aromatic heterocycles. The van der Waals surface area contributed by atoms with Gasteiger partial charge in [0.25, 0.3) is 20.2 Å². The van der Waals surface area contributed by atoms with E-state index in [1.807, 2.05) is 0 Å². The maximum Gasteiger partial charge on any atom is 0.264 e. The minimum Gasteiger partial charge on any atom is -0.367 e. The minimum atomic E-state index is -3.59. The number of amidine groups is 2. The topological polar surface area (TPSA) is 164 Å². The highest BCUT2D eigenvalue weighted by molar-refractivity contribution is 7.86. The van der Waals surface area contributed by atoms with Gasteiger partial charge >= 0.3 is 0 Å². The first-order valence-corrected chi connectivity index (χ1v) is 13.3. The van der Waals surface area contributed by atoms with Gasteiger partial charge in [-0.2, -0.15) is 21.9 Å². The molecule has 0 radical (unpaired) electrons. The van der Waals surface area contributed by atoms with Crippen LogP contribution in [-0.4, -0.2) is 92.3 Å². The fourth-order valence-electron chi connectivity index (χ4n) is 2.82. The van der Waals surface area contributed by atoms with Crippen molar-refractivity contribution in [1.29, 1.82) is 0 Å². The van der Waals surface area contributed by atoms with Crippen LogP contribution in [-0.2, 0) is 28.6 Å². The molecule has 0 saturated heterocycles. The van der Waals surface area contributed by atoms with Gasteiger partial charge in [0, 0.05) is 18.8 Å². The molecule has 0 spiro atoms. The maximum atomic E-state index is 11.2. The highest BCUT2D eigenvalue weighted by Crippen LogP contribution is 2.15. The number of hydrazone groups is 1. The summed E-state index contributed by atoms with van der Waals surface area (Å²) < 4.78 is 54.5. The Morgan fingerprint density at radius 1 is 1.00 bits per heavy atom. The van der Waals surface area contributed by atoms with Crippen molar-refractivity contribution in [3.05, 3.63) is 29.8 Å². The number of benzene rings is 1. The predicted molar refractivity (Wildman–Crippen MR) is 127 cm³/mol. The highest BCUT2D eigenvalue weighted by atomic mass is 32.2. The zero-order chi connectivity index (χ0) is 23.9. The molecule has 3 rings (SSSR count). The zero-order valence-electron chi connectivity index (χ0n) is 17.9. The molecule has 0 saturated carbocycles. The van der Waals surface area contributed by atoms with Crippen LogP contribution in [0.4, 0.5) is 5.69 Å². The van der Waals surface area contributed by atoms with Crippen LogP contribution in [0, 0.1) is 0 Å². The number of fused-ring (bicyclic) bond motifs is 1. The summed E-state index contributed by atoms with van der Waals surface area (Å²) in [6, 6.07) is 6.80. The smallest absolute Gasteiger partial charge is 0.264 e. The van der Waals surface area contributed by atoms with E-state index in [0.29, 0.717) is 11.7 Å². The van der Waals surface area contributed by atoms with E-state index in [-0.39, 0.29) is 32.3 Å². The van der Waals surface area contributed by atoms with Gasteiger partial charge < -0.3 is 4.90 Å². The molecule has 0 amide bonds. The standard InChI is InChI=1S/C18H23N7O6S2/c1-32(26,27)30-9-7-25(8-10-31-33(2,28)29)15-5-3-14(4-6-15)11-23-24-18-16-17(20-12-19-16)21-13-22-18/h3-6,11-13,16H,7-10H2,1-2H3,(H,19,20,21,22,24)/b23-11+. The second-order valence-corrected chi connectivity index (χ2v) is 10.2. The van der Waals surface area contributed by atoms with Crippen LogP contribution < -0.4 is 10.3 Å². The second kappa shape index (κ2) is 10.7. The molecule has 1 aromatic rings. The molecule has 13 nitrogen and oxygen atoms in total. The molecule has 33 heavy (non-hydrogen) atoms. The summed E-state index contributed by atoms with van der Waals surface area (Å²) in [4.78, 5) is 18.1. The van der Waals surface area contributed by atoms with Crippen molar-refractivity contribution >= 4 is 56.5 Å². The molecule has 178 valence electrons. The molecule has 15 heteroatoms. The van der Waals surface area contributed by atoms with E-state index in [1.165, 1.54) is 12.7 Å². The fraction of sp³-hybridized carbons (Fsp3) is 0.389. The van der Waals surface area contributed by atoms with E-state index in [4.69, 9.17) is 8.37 Å². The van der Waals surface area contributed by atoms with Crippen LogP contribution in [0.3, 0.4) is 0 Å². The Kier molecular flexibility index (Phi) is 8.01. The summed E-state index contributed by atoms with van der Waals surface area (Å²) in [6.45, 7) is 0.237. The van der Waals surface area contributed by atoms with Crippen LogP contribution >= 0.6 is 0 Å². The maximum absolute atomic E-state index is 11.2. The Labute approximate surface area is 191 Å². The molecular weight excluding hydrogens is 474 g/mol. The molecule has 1 atom stereocenters. The normalized spacial score (nSPS) is 17.7. The SMILES string of the molecule is CS(=O)(=O)OCCN(CCOS(C)(=O)=O)c1ccc(/C=N/NC2=NC=NC3=NC=NC32)cc1. The third-order valence-electron chi connectivity index (χ3n) is 4.26. The zero-order valence-corrected chi connectivity index (χ0v) is 19.5. The van der Waals surface area contributed by atoms with Gasteiger partial charge in [0.1, 0.15) is 12.7 Å². The molecule has 2 heterocycles. The predicted octanol–water partition coefficient (Wildman–Crippen LogP) is -0.382. The van der Waals surface area contributed by atoms with Gasteiger partial charge in [-0.15, -0.1) is 0 Å². The summed E-state index contributed by atoms with van der Waals surface area (Å²) in [5.41, 5.74) is 4.34. The van der Waals surface area contributed by atoms with E-state index >= 15 is 0 Å². The molecular formula is C18H23N7O6S2. The summed E-state index contributed by atoms with van der Waals surface area (Å²) in [7, 11) is -7.18. The summed E-state index contributed by atoms with van der Waals surface area (Å²) in [6.07, 6.45) is 6.33. The van der Waals surface area contributed by atoms with Crippen molar-refractivity contribution in [2.45, 2.75) is 6.04 Å². The molecule has 2 aliphatic rings. The molecule has 2 aliphatic heterocycles. The average Bonchev–Trinajstić information content (AvgIpc) is 3.21. The molecule has 1 aromatic carbocycles. The lowest BCUT2D eigenvalue weighted by atomic mass is 10.2. The van der Waals surface area contributed by atoms with Crippen LogP contribution in [0.1, 0.15) is 5.56 Å². The van der Waals surface area contributed by atoms with Crippen molar-refractivity contribution in [1.82, 2.24) is 5.43 Å². The Balaban J connectivity index is 1.61. The van der Waals surface area contributed by atoms with Gasteiger partial charge in [-0.25, -0.2) is 15.0 Å². The van der Waals surface area contributed by atoms with Gasteiger partial charge in [-0.3, -0.25) is 18.8 Å². The van der Waals surface area contributed by atoms with Crippen molar-refractivity contribution in [3.63, 3.8) is 0 Å². The molecule has 0 bridgehead atoms. The van der Waals surface area contributed by atoms with Crippen molar-refractivity contribution in [2.24, 2.45) is 25.1 Å². The summed E-state index contributed by atoms with van der Waals surface area (Å²) in [5, 5.41) is 4.17. The van der Waals surface area contributed by atoms with Gasteiger partial charge in [0.2, 0.25) is 0 Å². The monoisotopic (exact) mass is 497 g/mol. The lowest BCUT2D eigenvalue weighted by Gasteiger charge is -2.24. The van der Waals surface area contributed by atoms with E-state index in [1.54, 1.807) is 35.4 Å². The van der Waals surface area contributed by atoms with Crippen LogP contribution in [0.15, 0.2) is 49.3 Å².